The summed E-state index contributed by atoms with van der Waals surface area (Å²) in [5.74, 6) is 1.60. The third-order valence-electron chi connectivity index (χ3n) is 5.71. The van der Waals surface area contributed by atoms with E-state index in [9.17, 15) is 5.26 Å². The molecule has 3 aromatic heterocycles. The molecular weight excluding hydrogens is 462 g/mol. The third-order valence-corrected chi connectivity index (χ3v) is 6.18. The van der Waals surface area contributed by atoms with E-state index in [1.807, 2.05) is 47.7 Å². The minimum absolute atomic E-state index is 0.595. The van der Waals surface area contributed by atoms with E-state index in [-0.39, 0.29) is 0 Å². The topological polar surface area (TPSA) is 66.0 Å². The second kappa shape index (κ2) is 8.10. The molecule has 0 atom stereocenters. The second-order valence-corrected chi connectivity index (χ2v) is 8.76. The van der Waals surface area contributed by atoms with Crippen LogP contribution in [0.25, 0.3) is 16.7 Å². The van der Waals surface area contributed by atoms with Crippen LogP contribution in [0.4, 0.5) is 11.6 Å². The summed E-state index contributed by atoms with van der Waals surface area (Å²) in [5, 5.41) is 13.6. The number of nitriles is 1. The van der Waals surface area contributed by atoms with E-state index in [0.29, 0.717) is 17.6 Å². The van der Waals surface area contributed by atoms with Crippen LogP contribution in [0.2, 0.25) is 0 Å². The molecule has 2 aromatic carbocycles. The molecule has 156 valence electrons. The molecule has 0 aliphatic heterocycles. The molecule has 0 bridgehead atoms. The lowest BCUT2D eigenvalue weighted by Gasteiger charge is -2.19. The van der Waals surface area contributed by atoms with Gasteiger partial charge in [-0.3, -0.25) is 4.40 Å². The van der Waals surface area contributed by atoms with Crippen molar-refractivity contribution < 1.29 is 0 Å². The molecule has 1 N–H and O–H groups in total. The average Bonchev–Trinajstić information content (AvgIpc) is 3.18. The molecule has 0 spiro atoms. The number of pyridine rings is 2. The number of aryl methyl sites for hydroxylation is 1. The first-order valence-electron chi connectivity index (χ1n) is 10.3. The highest BCUT2D eigenvalue weighted by Crippen LogP contribution is 2.34. The molecule has 0 unspecified atom stereocenters. The van der Waals surface area contributed by atoms with Gasteiger partial charge < -0.3 is 5.32 Å². The van der Waals surface area contributed by atoms with E-state index in [0.717, 1.165) is 38.3 Å². The van der Waals surface area contributed by atoms with Crippen molar-refractivity contribution in [3.63, 3.8) is 0 Å². The van der Waals surface area contributed by atoms with Crippen LogP contribution in [0, 0.1) is 25.2 Å². The van der Waals surface area contributed by atoms with Gasteiger partial charge in [0.2, 0.25) is 0 Å². The Labute approximate surface area is 194 Å². The van der Waals surface area contributed by atoms with Crippen LogP contribution in [0.1, 0.15) is 27.8 Å². The first kappa shape index (κ1) is 20.2. The fourth-order valence-corrected chi connectivity index (χ4v) is 4.25. The zero-order valence-corrected chi connectivity index (χ0v) is 19.3. The molecule has 3 heterocycles. The number of imidazole rings is 1. The Hall–Kier alpha value is -3.69. The van der Waals surface area contributed by atoms with E-state index in [1.54, 1.807) is 6.20 Å². The van der Waals surface area contributed by atoms with Crippen molar-refractivity contribution in [3.8, 4) is 6.07 Å². The highest BCUT2D eigenvalue weighted by molar-refractivity contribution is 9.10. The summed E-state index contributed by atoms with van der Waals surface area (Å²) in [7, 11) is 0. The van der Waals surface area contributed by atoms with Crippen molar-refractivity contribution in [2.75, 3.05) is 5.32 Å². The molecule has 5 rings (SSSR count). The second-order valence-electron chi connectivity index (χ2n) is 7.85. The first-order chi connectivity index (χ1) is 15.5. The molecule has 0 aliphatic rings. The number of nitrogens with zero attached hydrogens (tertiary/aromatic N) is 4. The van der Waals surface area contributed by atoms with Gasteiger partial charge in [0.05, 0.1) is 16.6 Å². The van der Waals surface area contributed by atoms with Crippen LogP contribution < -0.4 is 5.32 Å². The lowest BCUT2D eigenvalue weighted by Crippen LogP contribution is -2.09. The molecule has 0 radical (unpaired) electrons. The van der Waals surface area contributed by atoms with Crippen molar-refractivity contribution >= 4 is 44.2 Å². The molecule has 0 aliphatic carbocycles. The standard InChI is InChI=1S/C26H20BrN5/c1-16-7-9-18(10-8-16)13-20-17(2)21(14-28)26-30-22-5-3-4-6-23(22)32(26)25(20)31-24-12-11-19(27)15-29-24/h3-12,15H,13H2,1-2H3,(H,29,31). The minimum Gasteiger partial charge on any atom is -0.326 e. The van der Waals surface area contributed by atoms with E-state index in [2.05, 4.69) is 63.5 Å². The van der Waals surface area contributed by atoms with Crippen LogP contribution in [0.5, 0.6) is 0 Å². The number of para-hydroxylation sites is 2. The average molecular weight is 482 g/mol. The largest absolute Gasteiger partial charge is 0.326 e. The smallest absolute Gasteiger partial charge is 0.157 e. The summed E-state index contributed by atoms with van der Waals surface area (Å²) >= 11 is 3.45. The fourth-order valence-electron chi connectivity index (χ4n) is 4.01. The monoisotopic (exact) mass is 481 g/mol. The molecule has 0 amide bonds. The molecule has 5 nitrogen and oxygen atoms in total. The number of anilines is 2. The minimum atomic E-state index is 0.595. The molecule has 0 fully saturated rings. The number of benzene rings is 2. The zero-order valence-electron chi connectivity index (χ0n) is 17.7. The number of rotatable bonds is 4. The van der Waals surface area contributed by atoms with E-state index < -0.39 is 0 Å². The maximum Gasteiger partial charge on any atom is 0.157 e. The molecule has 32 heavy (non-hydrogen) atoms. The van der Waals surface area contributed by atoms with Crippen molar-refractivity contribution in [2.24, 2.45) is 0 Å². The molecule has 5 aromatic rings. The molecule has 6 heteroatoms. The predicted octanol–water partition coefficient (Wildman–Crippen LogP) is 6.47. The van der Waals surface area contributed by atoms with Crippen molar-refractivity contribution in [2.45, 2.75) is 20.3 Å². The summed E-state index contributed by atoms with van der Waals surface area (Å²) in [5.41, 5.74) is 7.42. The van der Waals surface area contributed by atoms with Crippen LogP contribution in [-0.4, -0.2) is 14.4 Å². The van der Waals surface area contributed by atoms with Crippen molar-refractivity contribution in [1.29, 1.82) is 5.26 Å². The SMILES string of the molecule is Cc1ccc(Cc2c(C)c(C#N)c3nc4ccccc4n3c2Nc2ccc(Br)cn2)cc1. The first-order valence-corrected chi connectivity index (χ1v) is 11.1. The maximum atomic E-state index is 10.0. The van der Waals surface area contributed by atoms with Gasteiger partial charge >= 0.3 is 0 Å². The van der Waals surface area contributed by atoms with Gasteiger partial charge in [-0.25, -0.2) is 9.97 Å². The Kier molecular flexibility index (Phi) is 5.12. The molecular formula is C26H20BrN5. The Balaban J connectivity index is 1.81. The van der Waals surface area contributed by atoms with Crippen molar-refractivity contribution in [3.05, 3.63) is 99.2 Å². The number of hydrogen-bond donors (Lipinski definition) is 1. The Morgan fingerprint density at radius 3 is 2.53 bits per heavy atom. The van der Waals surface area contributed by atoms with Crippen molar-refractivity contribution in [1.82, 2.24) is 14.4 Å². The van der Waals surface area contributed by atoms with Gasteiger partial charge in [0, 0.05) is 22.7 Å². The van der Waals surface area contributed by atoms with Gasteiger partial charge in [-0.15, -0.1) is 0 Å². The van der Waals surface area contributed by atoms with E-state index in [4.69, 9.17) is 4.98 Å². The summed E-state index contributed by atoms with van der Waals surface area (Å²) < 4.78 is 2.96. The normalized spacial score (nSPS) is 11.1. The summed E-state index contributed by atoms with van der Waals surface area (Å²) in [6, 6.07) is 22.7. The van der Waals surface area contributed by atoms with Gasteiger partial charge in [-0.05, 0) is 65.2 Å². The number of fused-ring (bicyclic) bond motifs is 3. The van der Waals surface area contributed by atoms with Crippen LogP contribution >= 0.6 is 15.9 Å². The zero-order chi connectivity index (χ0) is 22.2. The van der Waals surface area contributed by atoms with E-state index in [1.165, 1.54) is 11.1 Å². The lowest BCUT2D eigenvalue weighted by molar-refractivity contribution is 1.07. The van der Waals surface area contributed by atoms with Crippen LogP contribution in [-0.2, 0) is 6.42 Å². The van der Waals surface area contributed by atoms with Gasteiger partial charge in [-0.1, -0.05) is 42.0 Å². The summed E-state index contributed by atoms with van der Waals surface area (Å²) in [6.45, 7) is 4.08. The van der Waals surface area contributed by atoms with Gasteiger partial charge in [0.25, 0.3) is 0 Å². The van der Waals surface area contributed by atoms with Crippen LogP contribution in [0.3, 0.4) is 0 Å². The molecule has 0 saturated heterocycles. The quantitative estimate of drug-likeness (QED) is 0.319. The predicted molar refractivity (Wildman–Crippen MR) is 131 cm³/mol. The Bertz CT molecular complexity index is 1490. The van der Waals surface area contributed by atoms with Gasteiger partial charge in [0.15, 0.2) is 5.65 Å². The van der Waals surface area contributed by atoms with E-state index >= 15 is 0 Å². The Morgan fingerprint density at radius 1 is 1.03 bits per heavy atom. The summed E-state index contributed by atoms with van der Waals surface area (Å²) in [6.07, 6.45) is 2.45. The molecule has 0 saturated carbocycles. The Morgan fingerprint density at radius 2 is 1.81 bits per heavy atom. The third kappa shape index (κ3) is 3.51. The number of nitrogens with one attached hydrogen (secondary N) is 1. The maximum absolute atomic E-state index is 10.0. The lowest BCUT2D eigenvalue weighted by atomic mass is 9.97. The van der Waals surface area contributed by atoms with Gasteiger partial charge in [0.1, 0.15) is 17.7 Å². The highest BCUT2D eigenvalue weighted by atomic mass is 79.9. The fraction of sp³-hybridized carbons (Fsp3) is 0.115. The number of aromatic nitrogens is 3. The number of hydrogen-bond acceptors (Lipinski definition) is 4. The number of halogens is 1. The van der Waals surface area contributed by atoms with Gasteiger partial charge in [-0.2, -0.15) is 5.26 Å². The highest BCUT2D eigenvalue weighted by Gasteiger charge is 2.21. The summed E-state index contributed by atoms with van der Waals surface area (Å²) in [4.78, 5) is 9.32. The van der Waals surface area contributed by atoms with Crippen LogP contribution in [0.15, 0.2) is 71.3 Å².